The summed E-state index contributed by atoms with van der Waals surface area (Å²) in [7, 11) is 0. The highest BCUT2D eigenvalue weighted by Gasteiger charge is 2.12. The lowest BCUT2D eigenvalue weighted by atomic mass is 9.96. The average Bonchev–Trinajstić information content (AvgIpc) is 3.21. The molecule has 1 unspecified atom stereocenters. The van der Waals surface area contributed by atoms with Crippen LogP contribution in [0.25, 0.3) is 5.70 Å². The van der Waals surface area contributed by atoms with Gasteiger partial charge in [-0.15, -0.1) is 0 Å². The number of hydrogen-bond acceptors (Lipinski definition) is 3. The van der Waals surface area contributed by atoms with Gasteiger partial charge in [-0.3, -0.25) is 0 Å². The number of rotatable bonds is 9. The Balaban J connectivity index is 1.67. The van der Waals surface area contributed by atoms with E-state index in [2.05, 4.69) is 60.0 Å². The summed E-state index contributed by atoms with van der Waals surface area (Å²) in [4.78, 5) is 7.10. The Labute approximate surface area is 177 Å². The van der Waals surface area contributed by atoms with E-state index in [1.54, 1.807) is 12.5 Å². The van der Waals surface area contributed by atoms with Gasteiger partial charge in [-0.1, -0.05) is 36.4 Å². The maximum atomic E-state index is 9.73. The zero-order valence-corrected chi connectivity index (χ0v) is 17.8. The highest BCUT2D eigenvalue weighted by molar-refractivity contribution is 6.30. The van der Waals surface area contributed by atoms with Crippen LogP contribution in [-0.4, -0.2) is 27.7 Å². The van der Waals surface area contributed by atoms with Crippen molar-refractivity contribution in [2.24, 2.45) is 0 Å². The number of nitrogens with zero attached hydrogens (tertiary/aromatic N) is 1. The van der Waals surface area contributed by atoms with Crippen molar-refractivity contribution >= 4 is 17.3 Å². The lowest BCUT2D eigenvalue weighted by molar-refractivity contribution is 0.253. The van der Waals surface area contributed by atoms with Crippen molar-refractivity contribution in [1.82, 2.24) is 15.3 Å². The van der Waals surface area contributed by atoms with Crippen molar-refractivity contribution in [3.8, 4) is 0 Å². The monoisotopic (exact) mass is 409 g/mol. The van der Waals surface area contributed by atoms with Crippen molar-refractivity contribution in [2.75, 3.05) is 6.61 Å². The molecule has 3 rings (SSSR count). The Morgan fingerprint density at radius 3 is 2.62 bits per heavy atom. The summed E-state index contributed by atoms with van der Waals surface area (Å²) in [6.45, 7) is 8.45. The third-order valence-corrected chi connectivity index (χ3v) is 5.52. The third-order valence-electron chi connectivity index (χ3n) is 5.29. The maximum absolute atomic E-state index is 9.73. The lowest BCUT2D eigenvalue weighted by Gasteiger charge is -2.20. The second-order valence-corrected chi connectivity index (χ2v) is 7.93. The number of H-pyrrole nitrogens is 1. The van der Waals surface area contributed by atoms with Crippen LogP contribution >= 0.6 is 11.6 Å². The molecule has 2 aromatic carbocycles. The smallest absolute Gasteiger partial charge is 0.0921 e. The van der Waals surface area contributed by atoms with Gasteiger partial charge in [-0.2, -0.15) is 0 Å². The number of aromatic nitrogens is 2. The molecule has 5 heteroatoms. The van der Waals surface area contributed by atoms with Gasteiger partial charge in [-0.25, -0.2) is 4.98 Å². The zero-order chi connectivity index (χ0) is 20.8. The largest absolute Gasteiger partial charge is 0.394 e. The van der Waals surface area contributed by atoms with E-state index in [1.165, 1.54) is 22.3 Å². The van der Waals surface area contributed by atoms with Crippen molar-refractivity contribution in [2.45, 2.75) is 39.2 Å². The van der Waals surface area contributed by atoms with Crippen LogP contribution in [0.3, 0.4) is 0 Å². The second-order valence-electron chi connectivity index (χ2n) is 7.50. The first-order valence-corrected chi connectivity index (χ1v) is 10.2. The molecule has 4 nitrogen and oxygen atoms in total. The highest BCUT2D eigenvalue weighted by atomic mass is 35.5. The topological polar surface area (TPSA) is 60.9 Å². The molecule has 0 aliphatic heterocycles. The van der Waals surface area contributed by atoms with Gasteiger partial charge in [-0.05, 0) is 72.7 Å². The molecule has 1 atom stereocenters. The van der Waals surface area contributed by atoms with Crippen LogP contribution in [0.1, 0.15) is 33.5 Å². The van der Waals surface area contributed by atoms with Crippen LogP contribution in [0.5, 0.6) is 0 Å². The van der Waals surface area contributed by atoms with E-state index in [9.17, 15) is 5.11 Å². The van der Waals surface area contributed by atoms with E-state index in [4.69, 9.17) is 11.6 Å². The standard InChI is InChI=1S/C24H28ClN3O/c1-16-4-5-21(18(3)28-24(14-29)12-23-13-26-15-27-23)11-20(16)7-6-19-8-9-22(25)10-17(19)2/h4-5,8-11,13,15,24,28-29H,3,6-7,12,14H2,1-2H3,(H,26,27). The Hall–Kier alpha value is -2.56. The molecular weight excluding hydrogens is 382 g/mol. The Morgan fingerprint density at radius 1 is 1.14 bits per heavy atom. The number of aryl methyl sites for hydroxylation is 4. The number of aliphatic hydroxyl groups excluding tert-OH is 1. The Kier molecular flexibility index (Phi) is 7.13. The molecule has 3 N–H and O–H groups in total. The summed E-state index contributed by atoms with van der Waals surface area (Å²) in [5.74, 6) is 0. The van der Waals surface area contributed by atoms with Gasteiger partial charge in [0, 0.05) is 29.0 Å². The number of aliphatic hydroxyl groups is 1. The number of hydrogen-bond donors (Lipinski definition) is 3. The van der Waals surface area contributed by atoms with Gasteiger partial charge in [0.15, 0.2) is 0 Å². The molecule has 1 aromatic heterocycles. The summed E-state index contributed by atoms with van der Waals surface area (Å²) < 4.78 is 0. The molecule has 152 valence electrons. The van der Waals surface area contributed by atoms with Gasteiger partial charge >= 0.3 is 0 Å². The van der Waals surface area contributed by atoms with E-state index < -0.39 is 0 Å². The molecule has 0 fully saturated rings. The Bertz CT molecular complexity index is 966. The van der Waals surface area contributed by atoms with Crippen LogP contribution in [-0.2, 0) is 19.3 Å². The summed E-state index contributed by atoms with van der Waals surface area (Å²) in [6, 6.07) is 12.4. The molecule has 0 amide bonds. The number of nitrogens with one attached hydrogen (secondary N) is 2. The molecule has 0 saturated heterocycles. The van der Waals surface area contributed by atoms with Crippen molar-refractivity contribution in [3.63, 3.8) is 0 Å². The van der Waals surface area contributed by atoms with E-state index in [0.717, 1.165) is 34.8 Å². The molecule has 0 spiro atoms. The normalized spacial score (nSPS) is 12.0. The molecule has 0 bridgehead atoms. The predicted octanol–water partition coefficient (Wildman–Crippen LogP) is 4.63. The first-order valence-electron chi connectivity index (χ1n) is 9.84. The maximum Gasteiger partial charge on any atom is 0.0921 e. The van der Waals surface area contributed by atoms with E-state index in [1.807, 2.05) is 12.1 Å². The van der Waals surface area contributed by atoms with Crippen LogP contribution in [0.2, 0.25) is 5.02 Å². The summed E-state index contributed by atoms with van der Waals surface area (Å²) in [6.07, 6.45) is 5.99. The Morgan fingerprint density at radius 2 is 1.93 bits per heavy atom. The highest BCUT2D eigenvalue weighted by Crippen LogP contribution is 2.21. The molecular formula is C24H28ClN3O. The molecule has 0 aliphatic carbocycles. The van der Waals surface area contributed by atoms with Gasteiger partial charge in [0.2, 0.25) is 0 Å². The van der Waals surface area contributed by atoms with Crippen LogP contribution in [0, 0.1) is 13.8 Å². The minimum atomic E-state index is -0.121. The van der Waals surface area contributed by atoms with Crippen LogP contribution < -0.4 is 5.32 Å². The van der Waals surface area contributed by atoms with Crippen LogP contribution in [0.15, 0.2) is 55.5 Å². The fourth-order valence-electron chi connectivity index (χ4n) is 3.49. The van der Waals surface area contributed by atoms with Gasteiger partial charge in [0.25, 0.3) is 0 Å². The minimum absolute atomic E-state index is 0.0204. The number of benzene rings is 2. The summed E-state index contributed by atoms with van der Waals surface area (Å²) in [5, 5.41) is 13.9. The van der Waals surface area contributed by atoms with E-state index >= 15 is 0 Å². The van der Waals surface area contributed by atoms with Crippen molar-refractivity contribution in [3.05, 3.63) is 94.0 Å². The quantitative estimate of drug-likeness (QED) is 0.483. The first-order chi connectivity index (χ1) is 14.0. The predicted molar refractivity (Wildman–Crippen MR) is 120 cm³/mol. The van der Waals surface area contributed by atoms with E-state index in [-0.39, 0.29) is 12.6 Å². The number of aromatic amines is 1. The van der Waals surface area contributed by atoms with Crippen LogP contribution in [0.4, 0.5) is 0 Å². The third kappa shape index (κ3) is 5.72. The fourth-order valence-corrected chi connectivity index (χ4v) is 3.72. The van der Waals surface area contributed by atoms with Crippen molar-refractivity contribution < 1.29 is 5.11 Å². The zero-order valence-electron chi connectivity index (χ0n) is 17.0. The van der Waals surface area contributed by atoms with Gasteiger partial charge in [0.05, 0.1) is 19.0 Å². The molecule has 1 heterocycles. The summed E-state index contributed by atoms with van der Waals surface area (Å²) >= 11 is 6.07. The lowest BCUT2D eigenvalue weighted by Crippen LogP contribution is -2.33. The first kappa shape index (κ1) is 21.2. The molecule has 0 radical (unpaired) electrons. The van der Waals surface area contributed by atoms with Gasteiger partial charge < -0.3 is 15.4 Å². The fraction of sp³-hybridized carbons (Fsp3) is 0.292. The van der Waals surface area contributed by atoms with Gasteiger partial charge in [0.1, 0.15) is 0 Å². The SMILES string of the molecule is C=C(NC(CO)Cc1cnc[nH]1)c1ccc(C)c(CCc2ccc(Cl)cc2C)c1. The number of imidazole rings is 1. The number of halogens is 1. The summed E-state index contributed by atoms with van der Waals surface area (Å²) in [5.41, 5.74) is 7.94. The minimum Gasteiger partial charge on any atom is -0.394 e. The molecule has 3 aromatic rings. The van der Waals surface area contributed by atoms with E-state index in [0.29, 0.717) is 6.42 Å². The van der Waals surface area contributed by atoms with Crippen molar-refractivity contribution in [1.29, 1.82) is 0 Å². The molecule has 0 saturated carbocycles. The molecule has 29 heavy (non-hydrogen) atoms. The molecule has 0 aliphatic rings. The average molecular weight is 410 g/mol. The second kappa shape index (κ2) is 9.77.